The normalized spacial score (nSPS) is 31.3. The molecule has 1 aliphatic heterocycles. The van der Waals surface area contributed by atoms with Crippen LogP contribution in [0.1, 0.15) is 5.56 Å². The zero-order chi connectivity index (χ0) is 11.8. The van der Waals surface area contributed by atoms with Crippen molar-refractivity contribution in [3.63, 3.8) is 0 Å². The van der Waals surface area contributed by atoms with Gasteiger partial charge in [-0.25, -0.2) is 0 Å². The fourth-order valence-electron chi connectivity index (χ4n) is 3.24. The van der Waals surface area contributed by atoms with Crippen LogP contribution in [-0.2, 0) is 6.54 Å². The summed E-state index contributed by atoms with van der Waals surface area (Å²) in [6.07, 6.45) is 0. The number of rotatable bonds is 4. The predicted octanol–water partition coefficient (Wildman–Crippen LogP) is 1.33. The predicted molar refractivity (Wildman–Crippen MR) is 67.8 cm³/mol. The average Bonchev–Trinajstić information content (AvgIpc) is 2.84. The fraction of sp³-hybridized carbons (Fsp3) is 0.571. The van der Waals surface area contributed by atoms with Crippen molar-refractivity contribution in [1.29, 1.82) is 0 Å². The van der Waals surface area contributed by atoms with E-state index in [1.807, 2.05) is 6.07 Å². The van der Waals surface area contributed by atoms with Crippen LogP contribution >= 0.6 is 0 Å². The SMILES string of the molecule is COc1cccc(CN2CC3C(CN)C3C2)c1. The molecule has 0 bridgehead atoms. The summed E-state index contributed by atoms with van der Waals surface area (Å²) >= 11 is 0. The van der Waals surface area contributed by atoms with E-state index < -0.39 is 0 Å². The van der Waals surface area contributed by atoms with Crippen LogP contribution in [0.4, 0.5) is 0 Å². The van der Waals surface area contributed by atoms with E-state index in [1.54, 1.807) is 7.11 Å². The first kappa shape index (κ1) is 11.1. The molecule has 1 aliphatic carbocycles. The van der Waals surface area contributed by atoms with Gasteiger partial charge in [-0.1, -0.05) is 12.1 Å². The van der Waals surface area contributed by atoms with E-state index in [2.05, 4.69) is 23.1 Å². The Labute approximate surface area is 103 Å². The molecular weight excluding hydrogens is 212 g/mol. The van der Waals surface area contributed by atoms with Crippen LogP contribution in [-0.4, -0.2) is 31.6 Å². The number of nitrogens with two attached hydrogens (primary N) is 1. The summed E-state index contributed by atoms with van der Waals surface area (Å²) in [5, 5.41) is 0. The summed E-state index contributed by atoms with van der Waals surface area (Å²) in [4.78, 5) is 2.54. The molecule has 0 radical (unpaired) electrons. The lowest BCUT2D eigenvalue weighted by Crippen LogP contribution is -2.25. The largest absolute Gasteiger partial charge is 0.497 e. The summed E-state index contributed by atoms with van der Waals surface area (Å²) < 4.78 is 5.25. The standard InChI is InChI=1S/C14H20N2O/c1-17-11-4-2-3-10(5-11)7-16-8-13-12(6-15)14(13)9-16/h2-5,12-14H,6-9,15H2,1H3. The van der Waals surface area contributed by atoms with Crippen molar-refractivity contribution in [2.75, 3.05) is 26.7 Å². The van der Waals surface area contributed by atoms with Crippen molar-refractivity contribution in [3.8, 4) is 5.75 Å². The Hall–Kier alpha value is -1.06. The molecule has 3 nitrogen and oxygen atoms in total. The number of likely N-dealkylation sites (tertiary alicyclic amines) is 1. The Bertz CT molecular complexity index is 395. The highest BCUT2D eigenvalue weighted by atomic mass is 16.5. The second-order valence-electron chi connectivity index (χ2n) is 5.27. The van der Waals surface area contributed by atoms with Crippen LogP contribution in [0.25, 0.3) is 0 Å². The zero-order valence-electron chi connectivity index (χ0n) is 10.3. The minimum absolute atomic E-state index is 0.816. The molecule has 2 N–H and O–H groups in total. The molecule has 1 heterocycles. The Kier molecular flexibility index (Phi) is 2.81. The number of piperidine rings is 1. The molecule has 92 valence electrons. The van der Waals surface area contributed by atoms with Crippen molar-refractivity contribution in [2.24, 2.45) is 23.5 Å². The van der Waals surface area contributed by atoms with E-state index >= 15 is 0 Å². The van der Waals surface area contributed by atoms with Crippen LogP contribution in [0.3, 0.4) is 0 Å². The molecule has 2 atom stereocenters. The van der Waals surface area contributed by atoms with Gasteiger partial charge in [-0.2, -0.15) is 0 Å². The maximum absolute atomic E-state index is 5.72. The van der Waals surface area contributed by atoms with Gasteiger partial charge in [0.05, 0.1) is 7.11 Å². The quantitative estimate of drug-likeness (QED) is 0.851. The van der Waals surface area contributed by atoms with Crippen LogP contribution in [0.15, 0.2) is 24.3 Å². The van der Waals surface area contributed by atoms with Gasteiger partial charge in [-0.3, -0.25) is 4.90 Å². The minimum atomic E-state index is 0.816. The lowest BCUT2D eigenvalue weighted by atomic mass is 10.2. The van der Waals surface area contributed by atoms with Gasteiger partial charge in [0.2, 0.25) is 0 Å². The smallest absolute Gasteiger partial charge is 0.119 e. The molecule has 2 unspecified atom stereocenters. The van der Waals surface area contributed by atoms with Crippen molar-refractivity contribution in [1.82, 2.24) is 4.90 Å². The molecule has 17 heavy (non-hydrogen) atoms. The van der Waals surface area contributed by atoms with Gasteiger partial charge < -0.3 is 10.5 Å². The minimum Gasteiger partial charge on any atom is -0.497 e. The first-order valence-corrected chi connectivity index (χ1v) is 6.37. The second kappa shape index (κ2) is 4.31. The molecule has 0 aromatic heterocycles. The molecule has 3 heteroatoms. The summed E-state index contributed by atoms with van der Waals surface area (Å²) in [5.41, 5.74) is 7.07. The number of nitrogens with zero attached hydrogens (tertiary/aromatic N) is 1. The van der Waals surface area contributed by atoms with Gasteiger partial charge in [-0.05, 0) is 42.0 Å². The number of hydrogen-bond donors (Lipinski definition) is 1. The molecular formula is C14H20N2O. The van der Waals surface area contributed by atoms with Crippen LogP contribution in [0.2, 0.25) is 0 Å². The molecule has 1 saturated heterocycles. The van der Waals surface area contributed by atoms with Gasteiger partial charge in [0.25, 0.3) is 0 Å². The fourth-order valence-corrected chi connectivity index (χ4v) is 3.24. The van der Waals surface area contributed by atoms with E-state index in [1.165, 1.54) is 18.7 Å². The number of methoxy groups -OCH3 is 1. The summed E-state index contributed by atoms with van der Waals surface area (Å²) in [6, 6.07) is 8.36. The molecule has 2 aliphatic rings. The summed E-state index contributed by atoms with van der Waals surface area (Å²) in [5.74, 6) is 3.53. The Morgan fingerprint density at radius 3 is 2.76 bits per heavy atom. The monoisotopic (exact) mass is 232 g/mol. The number of fused-ring (bicyclic) bond motifs is 1. The van der Waals surface area contributed by atoms with Crippen molar-refractivity contribution in [2.45, 2.75) is 6.54 Å². The van der Waals surface area contributed by atoms with Crippen molar-refractivity contribution < 1.29 is 4.74 Å². The lowest BCUT2D eigenvalue weighted by Gasteiger charge is -2.19. The van der Waals surface area contributed by atoms with Crippen LogP contribution in [0.5, 0.6) is 5.75 Å². The molecule has 0 spiro atoms. The first-order chi connectivity index (χ1) is 8.31. The topological polar surface area (TPSA) is 38.5 Å². The van der Waals surface area contributed by atoms with Gasteiger partial charge in [0.1, 0.15) is 5.75 Å². The average molecular weight is 232 g/mol. The van der Waals surface area contributed by atoms with Gasteiger partial charge in [0, 0.05) is 19.6 Å². The van der Waals surface area contributed by atoms with Crippen molar-refractivity contribution >= 4 is 0 Å². The zero-order valence-corrected chi connectivity index (χ0v) is 10.3. The first-order valence-electron chi connectivity index (χ1n) is 6.37. The molecule has 0 amide bonds. The van der Waals surface area contributed by atoms with E-state index in [0.29, 0.717) is 0 Å². The Morgan fingerprint density at radius 2 is 2.12 bits per heavy atom. The van der Waals surface area contributed by atoms with Gasteiger partial charge >= 0.3 is 0 Å². The highest BCUT2D eigenvalue weighted by molar-refractivity contribution is 5.28. The van der Waals surface area contributed by atoms with Crippen molar-refractivity contribution in [3.05, 3.63) is 29.8 Å². The second-order valence-corrected chi connectivity index (χ2v) is 5.27. The van der Waals surface area contributed by atoms with Crippen LogP contribution in [0, 0.1) is 17.8 Å². The highest BCUT2D eigenvalue weighted by Crippen LogP contribution is 2.51. The highest BCUT2D eigenvalue weighted by Gasteiger charge is 2.54. The van der Waals surface area contributed by atoms with Gasteiger partial charge in [-0.15, -0.1) is 0 Å². The van der Waals surface area contributed by atoms with E-state index in [-0.39, 0.29) is 0 Å². The number of benzene rings is 1. The van der Waals surface area contributed by atoms with Gasteiger partial charge in [0.15, 0.2) is 0 Å². The van der Waals surface area contributed by atoms with Crippen LogP contribution < -0.4 is 10.5 Å². The molecule has 3 rings (SSSR count). The van der Waals surface area contributed by atoms with E-state index in [9.17, 15) is 0 Å². The number of ether oxygens (including phenoxy) is 1. The van der Waals surface area contributed by atoms with E-state index in [4.69, 9.17) is 10.5 Å². The molecule has 1 aromatic rings. The molecule has 1 saturated carbocycles. The Balaban J connectivity index is 1.58. The third-order valence-electron chi connectivity index (χ3n) is 4.26. The maximum atomic E-state index is 5.72. The number of hydrogen-bond acceptors (Lipinski definition) is 3. The Morgan fingerprint density at radius 1 is 1.35 bits per heavy atom. The summed E-state index contributed by atoms with van der Waals surface area (Å²) in [6.45, 7) is 4.37. The summed E-state index contributed by atoms with van der Waals surface area (Å²) in [7, 11) is 1.72. The lowest BCUT2D eigenvalue weighted by molar-refractivity contribution is 0.278. The molecule has 2 fully saturated rings. The maximum Gasteiger partial charge on any atom is 0.119 e. The third-order valence-corrected chi connectivity index (χ3v) is 4.26. The molecule has 1 aromatic carbocycles. The third kappa shape index (κ3) is 2.05. The van der Waals surface area contributed by atoms with E-state index in [0.717, 1.165) is 36.6 Å².